The molecule has 104 valence electrons. The Morgan fingerprint density at radius 1 is 1.05 bits per heavy atom. The number of nitrogens with one attached hydrogen (secondary N) is 1. The highest BCUT2D eigenvalue weighted by Crippen LogP contribution is 2.24. The van der Waals surface area contributed by atoms with Gasteiger partial charge >= 0.3 is 0 Å². The first kappa shape index (κ1) is 13.0. The lowest BCUT2D eigenvalue weighted by atomic mass is 10.1. The molecule has 0 aromatic heterocycles. The smallest absolute Gasteiger partial charge is 0.0426 e. The van der Waals surface area contributed by atoms with Crippen LogP contribution in [0.2, 0.25) is 0 Å². The van der Waals surface area contributed by atoms with Crippen LogP contribution in [-0.2, 0) is 19.4 Å². The molecule has 0 atom stereocenters. The lowest BCUT2D eigenvalue weighted by molar-refractivity contribution is 0.922. The van der Waals surface area contributed by atoms with Crippen LogP contribution in [-0.4, -0.2) is 13.6 Å². The average Bonchev–Trinajstić information content (AvgIpc) is 2.95. The summed E-state index contributed by atoms with van der Waals surface area (Å²) in [6, 6.07) is 15.7. The second-order valence-electron chi connectivity index (χ2n) is 5.54. The Morgan fingerprint density at radius 3 is 2.55 bits per heavy atom. The normalized spacial score (nSPS) is 12.9. The van der Waals surface area contributed by atoms with Crippen molar-refractivity contribution in [2.75, 3.05) is 23.8 Å². The fourth-order valence-corrected chi connectivity index (χ4v) is 2.79. The summed E-state index contributed by atoms with van der Waals surface area (Å²) in [5.74, 6) is 0. The minimum Gasteiger partial charge on any atom is -0.384 e. The molecule has 0 radical (unpaired) electrons. The van der Waals surface area contributed by atoms with Crippen LogP contribution >= 0.6 is 0 Å². The molecule has 0 bridgehead atoms. The Labute approximate surface area is 121 Å². The number of anilines is 2. The van der Waals surface area contributed by atoms with Crippen LogP contribution in [0.5, 0.6) is 0 Å². The standard InChI is InChI=1S/C18H22N2/c1-3-14-5-8-17(9-6-14)20(2)13-15-4-7-16-10-11-19-18(16)12-15/h4-9,12,19H,3,10-11,13H2,1-2H3. The van der Waals surface area contributed by atoms with Gasteiger partial charge in [0.25, 0.3) is 0 Å². The van der Waals surface area contributed by atoms with Crippen molar-refractivity contribution in [3.8, 4) is 0 Å². The minimum absolute atomic E-state index is 0.945. The molecule has 1 aliphatic heterocycles. The summed E-state index contributed by atoms with van der Waals surface area (Å²) in [5.41, 5.74) is 6.79. The van der Waals surface area contributed by atoms with E-state index in [2.05, 4.69) is 66.7 Å². The molecular weight excluding hydrogens is 244 g/mol. The van der Waals surface area contributed by atoms with Gasteiger partial charge in [-0.2, -0.15) is 0 Å². The van der Waals surface area contributed by atoms with Gasteiger partial charge in [0.1, 0.15) is 0 Å². The molecule has 0 saturated heterocycles. The number of hydrogen-bond acceptors (Lipinski definition) is 2. The van der Waals surface area contributed by atoms with Gasteiger partial charge in [-0.25, -0.2) is 0 Å². The van der Waals surface area contributed by atoms with Gasteiger partial charge in [-0.15, -0.1) is 0 Å². The Kier molecular flexibility index (Phi) is 3.64. The van der Waals surface area contributed by atoms with E-state index in [1.54, 1.807) is 0 Å². The number of benzene rings is 2. The highest BCUT2D eigenvalue weighted by Gasteiger charge is 2.10. The number of aryl methyl sites for hydroxylation is 1. The number of fused-ring (bicyclic) bond motifs is 1. The van der Waals surface area contributed by atoms with Gasteiger partial charge in [0.2, 0.25) is 0 Å². The average molecular weight is 266 g/mol. The van der Waals surface area contributed by atoms with Gasteiger partial charge < -0.3 is 10.2 Å². The minimum atomic E-state index is 0.945. The molecule has 2 heteroatoms. The van der Waals surface area contributed by atoms with E-state index >= 15 is 0 Å². The fraction of sp³-hybridized carbons (Fsp3) is 0.333. The van der Waals surface area contributed by atoms with E-state index in [4.69, 9.17) is 0 Å². The van der Waals surface area contributed by atoms with E-state index < -0.39 is 0 Å². The second-order valence-corrected chi connectivity index (χ2v) is 5.54. The molecule has 0 saturated carbocycles. The zero-order valence-electron chi connectivity index (χ0n) is 12.3. The molecule has 1 N–H and O–H groups in total. The SMILES string of the molecule is CCc1ccc(N(C)Cc2ccc3c(c2)NCC3)cc1. The van der Waals surface area contributed by atoms with E-state index in [0.717, 1.165) is 25.9 Å². The van der Waals surface area contributed by atoms with Crippen molar-refractivity contribution in [1.82, 2.24) is 0 Å². The first-order valence-electron chi connectivity index (χ1n) is 7.42. The summed E-state index contributed by atoms with van der Waals surface area (Å²) in [4.78, 5) is 2.30. The van der Waals surface area contributed by atoms with Gasteiger partial charge in [-0.1, -0.05) is 31.2 Å². The quantitative estimate of drug-likeness (QED) is 0.904. The Bertz CT molecular complexity index is 587. The van der Waals surface area contributed by atoms with Gasteiger partial charge in [-0.3, -0.25) is 0 Å². The maximum absolute atomic E-state index is 3.45. The molecule has 2 nitrogen and oxygen atoms in total. The topological polar surface area (TPSA) is 15.3 Å². The van der Waals surface area contributed by atoms with Crippen molar-refractivity contribution in [1.29, 1.82) is 0 Å². The van der Waals surface area contributed by atoms with Crippen LogP contribution in [0.25, 0.3) is 0 Å². The molecule has 2 aromatic carbocycles. The molecule has 0 aliphatic carbocycles. The molecule has 1 aliphatic rings. The van der Waals surface area contributed by atoms with E-state index in [0.29, 0.717) is 0 Å². The van der Waals surface area contributed by atoms with E-state index in [1.807, 2.05) is 0 Å². The molecule has 20 heavy (non-hydrogen) atoms. The van der Waals surface area contributed by atoms with Crippen LogP contribution < -0.4 is 10.2 Å². The van der Waals surface area contributed by atoms with Crippen molar-refractivity contribution in [3.05, 3.63) is 59.2 Å². The summed E-state index contributed by atoms with van der Waals surface area (Å²) in [6.07, 6.45) is 2.25. The predicted molar refractivity (Wildman–Crippen MR) is 86.6 cm³/mol. The van der Waals surface area contributed by atoms with Crippen LogP contribution in [0.4, 0.5) is 11.4 Å². The first-order valence-corrected chi connectivity index (χ1v) is 7.42. The molecule has 0 unspecified atom stereocenters. The summed E-state index contributed by atoms with van der Waals surface area (Å²) < 4.78 is 0. The third-order valence-corrected chi connectivity index (χ3v) is 4.09. The molecule has 3 rings (SSSR count). The monoisotopic (exact) mass is 266 g/mol. The van der Waals surface area contributed by atoms with Crippen LogP contribution in [0, 0.1) is 0 Å². The zero-order valence-corrected chi connectivity index (χ0v) is 12.3. The lowest BCUT2D eigenvalue weighted by Gasteiger charge is -2.20. The molecule has 0 spiro atoms. The summed E-state index contributed by atoms with van der Waals surface area (Å²) >= 11 is 0. The number of nitrogens with zero attached hydrogens (tertiary/aromatic N) is 1. The Hall–Kier alpha value is -1.96. The summed E-state index contributed by atoms with van der Waals surface area (Å²) in [5, 5.41) is 3.45. The molecule has 0 fully saturated rings. The highest BCUT2D eigenvalue weighted by atomic mass is 15.1. The summed E-state index contributed by atoms with van der Waals surface area (Å²) in [6.45, 7) is 4.21. The Morgan fingerprint density at radius 2 is 1.80 bits per heavy atom. The predicted octanol–water partition coefficient (Wildman–Crippen LogP) is 3.85. The fourth-order valence-electron chi connectivity index (χ4n) is 2.79. The molecule has 2 aromatic rings. The van der Waals surface area contributed by atoms with E-state index in [9.17, 15) is 0 Å². The van der Waals surface area contributed by atoms with Crippen molar-refractivity contribution in [2.45, 2.75) is 26.3 Å². The molecular formula is C18H22N2. The van der Waals surface area contributed by atoms with Gasteiger partial charge in [-0.05, 0) is 47.7 Å². The van der Waals surface area contributed by atoms with Crippen LogP contribution in [0.15, 0.2) is 42.5 Å². The van der Waals surface area contributed by atoms with E-state index in [-0.39, 0.29) is 0 Å². The third-order valence-electron chi connectivity index (χ3n) is 4.09. The zero-order chi connectivity index (χ0) is 13.9. The lowest BCUT2D eigenvalue weighted by Crippen LogP contribution is -2.16. The first-order chi connectivity index (χ1) is 9.76. The molecule has 0 amide bonds. The second kappa shape index (κ2) is 5.58. The Balaban J connectivity index is 1.73. The van der Waals surface area contributed by atoms with Gasteiger partial charge in [0, 0.05) is 31.5 Å². The number of rotatable bonds is 4. The van der Waals surface area contributed by atoms with Gasteiger partial charge in [0.15, 0.2) is 0 Å². The third kappa shape index (κ3) is 2.64. The molecule has 1 heterocycles. The van der Waals surface area contributed by atoms with Crippen molar-refractivity contribution < 1.29 is 0 Å². The van der Waals surface area contributed by atoms with Crippen molar-refractivity contribution in [2.24, 2.45) is 0 Å². The van der Waals surface area contributed by atoms with Gasteiger partial charge in [0.05, 0.1) is 0 Å². The number of hydrogen-bond donors (Lipinski definition) is 1. The van der Waals surface area contributed by atoms with Crippen molar-refractivity contribution >= 4 is 11.4 Å². The maximum atomic E-state index is 3.45. The highest BCUT2D eigenvalue weighted by molar-refractivity contribution is 5.57. The van der Waals surface area contributed by atoms with Crippen molar-refractivity contribution in [3.63, 3.8) is 0 Å². The van der Waals surface area contributed by atoms with E-state index in [1.165, 1.54) is 28.1 Å². The van der Waals surface area contributed by atoms with Crippen LogP contribution in [0.1, 0.15) is 23.6 Å². The largest absolute Gasteiger partial charge is 0.384 e. The summed E-state index contributed by atoms with van der Waals surface area (Å²) in [7, 11) is 2.15. The van der Waals surface area contributed by atoms with Crippen LogP contribution in [0.3, 0.4) is 0 Å². The maximum Gasteiger partial charge on any atom is 0.0426 e.